The van der Waals surface area contributed by atoms with Crippen LogP contribution in [0.5, 0.6) is 0 Å². The molecule has 7 heteroatoms. The second kappa shape index (κ2) is 8.83. The van der Waals surface area contributed by atoms with Gasteiger partial charge in [0.25, 0.3) is 5.91 Å². The SMILES string of the molecule is C[C@H](OC(=O)c1c(Cl)cccc1Cl)C(=O)NCCc1ccc(F)cc1. The average Bonchev–Trinajstić information content (AvgIpc) is 2.56. The summed E-state index contributed by atoms with van der Waals surface area (Å²) in [6.07, 6.45) is -0.476. The fourth-order valence-corrected chi connectivity index (χ4v) is 2.64. The lowest BCUT2D eigenvalue weighted by Crippen LogP contribution is -2.37. The van der Waals surface area contributed by atoms with Gasteiger partial charge in [-0.2, -0.15) is 0 Å². The lowest BCUT2D eigenvalue weighted by Gasteiger charge is -2.14. The summed E-state index contributed by atoms with van der Waals surface area (Å²) in [5.74, 6) is -1.53. The van der Waals surface area contributed by atoms with E-state index < -0.39 is 18.0 Å². The van der Waals surface area contributed by atoms with E-state index in [2.05, 4.69) is 5.32 Å². The van der Waals surface area contributed by atoms with Crippen LogP contribution < -0.4 is 5.32 Å². The number of benzene rings is 2. The molecular formula is C18H16Cl2FNO3. The molecule has 0 aliphatic heterocycles. The third-order valence-corrected chi connectivity index (χ3v) is 4.08. The molecule has 0 aliphatic rings. The molecule has 0 fully saturated rings. The average molecular weight is 384 g/mol. The molecule has 0 heterocycles. The summed E-state index contributed by atoms with van der Waals surface area (Å²) in [6.45, 7) is 1.79. The Bertz CT molecular complexity index is 745. The van der Waals surface area contributed by atoms with Crippen LogP contribution in [0.2, 0.25) is 10.0 Å². The fraction of sp³-hybridized carbons (Fsp3) is 0.222. The number of esters is 1. The lowest BCUT2D eigenvalue weighted by molar-refractivity contribution is -0.129. The second-order valence-corrected chi connectivity index (χ2v) is 6.13. The molecule has 0 aliphatic carbocycles. The minimum absolute atomic E-state index is 0.0248. The third kappa shape index (κ3) is 5.44. The summed E-state index contributed by atoms with van der Waals surface area (Å²) in [4.78, 5) is 24.1. The summed E-state index contributed by atoms with van der Waals surface area (Å²) in [5, 5.41) is 2.96. The van der Waals surface area contributed by atoms with E-state index in [-0.39, 0.29) is 21.4 Å². The highest BCUT2D eigenvalue weighted by molar-refractivity contribution is 6.39. The van der Waals surface area contributed by atoms with Crippen molar-refractivity contribution in [3.05, 3.63) is 69.5 Å². The summed E-state index contributed by atoms with van der Waals surface area (Å²) < 4.78 is 17.9. The number of amides is 1. The molecule has 2 aromatic rings. The molecule has 25 heavy (non-hydrogen) atoms. The highest BCUT2D eigenvalue weighted by Gasteiger charge is 2.22. The van der Waals surface area contributed by atoms with Gasteiger partial charge in [0.1, 0.15) is 5.82 Å². The van der Waals surface area contributed by atoms with Crippen molar-refractivity contribution in [2.24, 2.45) is 0 Å². The van der Waals surface area contributed by atoms with Crippen LogP contribution >= 0.6 is 23.2 Å². The van der Waals surface area contributed by atoms with E-state index in [1.165, 1.54) is 31.2 Å². The van der Waals surface area contributed by atoms with Gasteiger partial charge in [-0.3, -0.25) is 4.79 Å². The monoisotopic (exact) mass is 383 g/mol. The Balaban J connectivity index is 1.85. The van der Waals surface area contributed by atoms with Crippen molar-refractivity contribution in [2.75, 3.05) is 6.54 Å². The zero-order chi connectivity index (χ0) is 18.4. The predicted octanol–water partition coefficient (Wildman–Crippen LogP) is 4.04. The number of carbonyl (C=O) groups excluding carboxylic acids is 2. The van der Waals surface area contributed by atoms with Crippen molar-refractivity contribution < 1.29 is 18.7 Å². The molecule has 1 atom stereocenters. The molecule has 0 aromatic heterocycles. The van der Waals surface area contributed by atoms with Gasteiger partial charge in [-0.15, -0.1) is 0 Å². The Morgan fingerprint density at radius 1 is 1.12 bits per heavy atom. The van der Waals surface area contributed by atoms with Crippen LogP contribution in [0, 0.1) is 5.82 Å². The summed E-state index contributed by atoms with van der Waals surface area (Å²) in [6, 6.07) is 10.6. The Morgan fingerprint density at radius 3 is 2.32 bits per heavy atom. The van der Waals surface area contributed by atoms with Crippen LogP contribution in [0.1, 0.15) is 22.8 Å². The Labute approximate surface area is 154 Å². The molecule has 0 radical (unpaired) electrons. The first-order chi connectivity index (χ1) is 11.9. The summed E-state index contributed by atoms with van der Waals surface area (Å²) in [5.41, 5.74) is 0.908. The number of rotatable bonds is 6. The van der Waals surface area contributed by atoms with Crippen LogP contribution in [0.4, 0.5) is 4.39 Å². The normalized spacial score (nSPS) is 11.7. The van der Waals surface area contributed by atoms with Crippen LogP contribution in [-0.4, -0.2) is 24.5 Å². The standard InChI is InChI=1S/C18H16Cl2FNO3/c1-11(25-18(24)16-14(19)3-2-4-15(16)20)17(23)22-10-9-12-5-7-13(21)8-6-12/h2-8,11H,9-10H2,1H3,(H,22,23)/t11-/m0/s1. The van der Waals surface area contributed by atoms with E-state index in [9.17, 15) is 14.0 Å². The third-order valence-electron chi connectivity index (χ3n) is 3.45. The van der Waals surface area contributed by atoms with Gasteiger partial charge in [0, 0.05) is 6.54 Å². The number of hydrogen-bond donors (Lipinski definition) is 1. The van der Waals surface area contributed by atoms with E-state index in [1.54, 1.807) is 18.2 Å². The number of nitrogens with one attached hydrogen (secondary N) is 1. The maximum Gasteiger partial charge on any atom is 0.341 e. The van der Waals surface area contributed by atoms with Gasteiger partial charge >= 0.3 is 5.97 Å². The largest absolute Gasteiger partial charge is 0.449 e. The van der Waals surface area contributed by atoms with E-state index >= 15 is 0 Å². The quantitative estimate of drug-likeness (QED) is 0.765. The molecule has 0 saturated heterocycles. The van der Waals surface area contributed by atoms with Crippen LogP contribution in [0.3, 0.4) is 0 Å². The van der Waals surface area contributed by atoms with Crippen molar-refractivity contribution in [3.63, 3.8) is 0 Å². The summed E-state index contributed by atoms with van der Waals surface area (Å²) in [7, 11) is 0. The minimum atomic E-state index is -1.01. The molecule has 2 rings (SSSR count). The van der Waals surface area contributed by atoms with Gasteiger partial charge in [0.2, 0.25) is 0 Å². The van der Waals surface area contributed by atoms with Crippen molar-refractivity contribution in [1.29, 1.82) is 0 Å². The Kier molecular flexibility index (Phi) is 6.79. The van der Waals surface area contributed by atoms with Crippen molar-refractivity contribution >= 4 is 35.1 Å². The molecule has 1 N–H and O–H groups in total. The van der Waals surface area contributed by atoms with Gasteiger partial charge in [0.05, 0.1) is 15.6 Å². The first kappa shape index (κ1) is 19.2. The van der Waals surface area contributed by atoms with E-state index in [0.717, 1.165) is 5.56 Å². The smallest absolute Gasteiger partial charge is 0.341 e. The highest BCUT2D eigenvalue weighted by Crippen LogP contribution is 2.25. The van der Waals surface area contributed by atoms with Crippen molar-refractivity contribution in [1.82, 2.24) is 5.32 Å². The lowest BCUT2D eigenvalue weighted by atomic mass is 10.1. The topological polar surface area (TPSA) is 55.4 Å². The molecule has 0 unspecified atom stereocenters. The van der Waals surface area contributed by atoms with E-state index in [4.69, 9.17) is 27.9 Å². The van der Waals surface area contributed by atoms with Crippen molar-refractivity contribution in [2.45, 2.75) is 19.4 Å². The fourth-order valence-electron chi connectivity index (χ4n) is 2.09. The molecule has 0 spiro atoms. The summed E-state index contributed by atoms with van der Waals surface area (Å²) >= 11 is 11.9. The number of hydrogen-bond acceptors (Lipinski definition) is 3. The van der Waals surface area contributed by atoms with Crippen LogP contribution in [-0.2, 0) is 16.0 Å². The van der Waals surface area contributed by atoms with Gasteiger partial charge in [-0.25, -0.2) is 9.18 Å². The zero-order valence-electron chi connectivity index (χ0n) is 13.4. The highest BCUT2D eigenvalue weighted by atomic mass is 35.5. The van der Waals surface area contributed by atoms with Gasteiger partial charge < -0.3 is 10.1 Å². The number of carbonyl (C=O) groups is 2. The second-order valence-electron chi connectivity index (χ2n) is 5.31. The molecule has 0 saturated carbocycles. The number of ether oxygens (including phenoxy) is 1. The molecule has 2 aromatic carbocycles. The Morgan fingerprint density at radius 2 is 1.72 bits per heavy atom. The minimum Gasteiger partial charge on any atom is -0.449 e. The molecule has 4 nitrogen and oxygen atoms in total. The van der Waals surface area contributed by atoms with Gasteiger partial charge in [0.15, 0.2) is 6.10 Å². The van der Waals surface area contributed by atoms with E-state index in [1.807, 2.05) is 0 Å². The first-order valence-corrected chi connectivity index (χ1v) is 8.31. The predicted molar refractivity (Wildman–Crippen MR) is 94.5 cm³/mol. The van der Waals surface area contributed by atoms with Crippen LogP contribution in [0.25, 0.3) is 0 Å². The van der Waals surface area contributed by atoms with Crippen molar-refractivity contribution in [3.8, 4) is 0 Å². The first-order valence-electron chi connectivity index (χ1n) is 7.55. The molecule has 0 bridgehead atoms. The van der Waals surface area contributed by atoms with Gasteiger partial charge in [-0.1, -0.05) is 41.4 Å². The molecule has 1 amide bonds. The van der Waals surface area contributed by atoms with Crippen LogP contribution in [0.15, 0.2) is 42.5 Å². The molecule has 132 valence electrons. The number of halogens is 3. The molecular weight excluding hydrogens is 368 g/mol. The van der Waals surface area contributed by atoms with Gasteiger partial charge in [-0.05, 0) is 43.2 Å². The van der Waals surface area contributed by atoms with E-state index in [0.29, 0.717) is 13.0 Å². The maximum absolute atomic E-state index is 12.8. The zero-order valence-corrected chi connectivity index (χ0v) is 14.9. The maximum atomic E-state index is 12.8. The Hall–Kier alpha value is -2.11.